The van der Waals surface area contributed by atoms with Crippen molar-refractivity contribution < 1.29 is 23.7 Å². The van der Waals surface area contributed by atoms with Crippen LogP contribution in [0.1, 0.15) is 36.4 Å². The van der Waals surface area contributed by atoms with Crippen molar-refractivity contribution in [3.05, 3.63) is 58.0 Å². The molecule has 3 rings (SSSR count). The number of nitro groups is 1. The van der Waals surface area contributed by atoms with Crippen LogP contribution in [0, 0.1) is 22.0 Å². The van der Waals surface area contributed by atoms with Gasteiger partial charge in [-0.1, -0.05) is 13.8 Å². The van der Waals surface area contributed by atoms with Gasteiger partial charge in [0.1, 0.15) is 11.4 Å². The average molecular weight is 415 g/mol. The highest BCUT2D eigenvalue weighted by atomic mass is 16.6. The molecule has 1 aliphatic rings. The molecule has 1 aromatic heterocycles. The van der Waals surface area contributed by atoms with Crippen molar-refractivity contribution in [3.63, 3.8) is 0 Å². The Kier molecular flexibility index (Phi) is 6.71. The fourth-order valence-corrected chi connectivity index (χ4v) is 3.79. The summed E-state index contributed by atoms with van der Waals surface area (Å²) in [4.78, 5) is 37.2. The number of amides is 1. The van der Waals surface area contributed by atoms with E-state index in [1.807, 2.05) is 4.90 Å². The van der Waals surface area contributed by atoms with Crippen LogP contribution in [-0.4, -0.2) is 36.5 Å². The first-order valence-electron chi connectivity index (χ1n) is 9.83. The number of hydrogen-bond donors (Lipinski definition) is 1. The largest absolute Gasteiger partial charge is 0.467 e. The van der Waals surface area contributed by atoms with Gasteiger partial charge in [0.25, 0.3) is 11.6 Å². The van der Waals surface area contributed by atoms with E-state index in [0.29, 0.717) is 23.3 Å². The maximum atomic E-state index is 12.3. The van der Waals surface area contributed by atoms with E-state index in [1.165, 1.54) is 18.4 Å². The molecule has 0 radical (unpaired) electrons. The lowest BCUT2D eigenvalue weighted by Gasteiger charge is -2.36. The first-order valence-corrected chi connectivity index (χ1v) is 9.83. The van der Waals surface area contributed by atoms with Gasteiger partial charge in [0, 0.05) is 19.2 Å². The Hall–Kier alpha value is -3.36. The zero-order valence-corrected chi connectivity index (χ0v) is 17.0. The van der Waals surface area contributed by atoms with Crippen LogP contribution in [0.3, 0.4) is 0 Å². The lowest BCUT2D eigenvalue weighted by molar-refractivity contribution is -0.384. The number of rotatable bonds is 7. The van der Waals surface area contributed by atoms with Gasteiger partial charge in [-0.25, -0.2) is 4.79 Å². The van der Waals surface area contributed by atoms with Crippen LogP contribution in [0.2, 0.25) is 0 Å². The molecule has 1 fully saturated rings. The molecule has 1 amide bonds. The number of carbonyl (C=O) groups excluding carboxylic acids is 2. The highest BCUT2D eigenvalue weighted by Gasteiger charge is 2.28. The van der Waals surface area contributed by atoms with E-state index in [4.69, 9.17) is 9.15 Å². The molecule has 9 heteroatoms. The van der Waals surface area contributed by atoms with Crippen molar-refractivity contribution in [1.29, 1.82) is 0 Å². The third-order valence-electron chi connectivity index (χ3n) is 4.99. The molecule has 160 valence electrons. The molecule has 1 aliphatic heterocycles. The Bertz CT molecular complexity index is 901. The fourth-order valence-electron chi connectivity index (χ4n) is 3.79. The Morgan fingerprint density at radius 1 is 1.27 bits per heavy atom. The van der Waals surface area contributed by atoms with Gasteiger partial charge in [-0.3, -0.25) is 14.9 Å². The summed E-state index contributed by atoms with van der Waals surface area (Å²) in [6.45, 7) is 5.39. The van der Waals surface area contributed by atoms with Gasteiger partial charge in [0.2, 0.25) is 0 Å². The smallest absolute Gasteiger partial charge is 0.338 e. The molecule has 9 nitrogen and oxygen atoms in total. The summed E-state index contributed by atoms with van der Waals surface area (Å²) in [7, 11) is 0. The highest BCUT2D eigenvalue weighted by molar-refractivity contribution is 5.93. The number of nitro benzene ring substituents is 1. The molecule has 0 saturated carbocycles. The van der Waals surface area contributed by atoms with Crippen molar-refractivity contribution in [2.24, 2.45) is 11.8 Å². The first-order chi connectivity index (χ1) is 14.3. The zero-order valence-electron chi connectivity index (χ0n) is 17.0. The van der Waals surface area contributed by atoms with E-state index in [9.17, 15) is 19.7 Å². The van der Waals surface area contributed by atoms with Crippen LogP contribution in [0.5, 0.6) is 0 Å². The molecule has 1 aromatic carbocycles. The van der Waals surface area contributed by atoms with Crippen LogP contribution < -0.4 is 10.2 Å². The number of hydrogen-bond acceptors (Lipinski definition) is 7. The molecule has 0 bridgehead atoms. The first kappa shape index (κ1) is 21.4. The SMILES string of the molecule is CC1CC(C)CN(c2ccc(C(=O)OCC(=O)NCc3ccco3)cc2[N+](=O)[O-])C1. The standard InChI is InChI=1S/C21H25N3O6/c1-14-8-15(2)12-23(11-14)18-6-5-16(9-19(18)24(27)28)21(26)30-13-20(25)22-10-17-4-3-7-29-17/h3-7,9,14-15H,8,10-13H2,1-2H3,(H,22,25). The quantitative estimate of drug-likeness (QED) is 0.420. The molecular formula is C21H25N3O6. The van der Waals surface area contributed by atoms with Gasteiger partial charge in [-0.05, 0) is 42.5 Å². The van der Waals surface area contributed by atoms with Crippen molar-refractivity contribution in [2.75, 3.05) is 24.6 Å². The lowest BCUT2D eigenvalue weighted by atomic mass is 9.91. The number of furan rings is 1. The number of nitrogens with zero attached hydrogens (tertiary/aromatic N) is 2. The van der Waals surface area contributed by atoms with E-state index in [0.717, 1.165) is 19.5 Å². The summed E-state index contributed by atoms with van der Waals surface area (Å²) in [5.74, 6) is 0.137. The van der Waals surface area contributed by atoms with Crippen LogP contribution >= 0.6 is 0 Å². The van der Waals surface area contributed by atoms with Crippen molar-refractivity contribution >= 4 is 23.3 Å². The minimum atomic E-state index is -0.793. The topological polar surface area (TPSA) is 115 Å². The van der Waals surface area contributed by atoms with Gasteiger partial charge < -0.3 is 19.4 Å². The van der Waals surface area contributed by atoms with Gasteiger partial charge >= 0.3 is 5.97 Å². The molecule has 0 aliphatic carbocycles. The second-order valence-electron chi connectivity index (χ2n) is 7.74. The molecule has 2 atom stereocenters. The summed E-state index contributed by atoms with van der Waals surface area (Å²) in [5.41, 5.74) is 0.376. The third-order valence-corrected chi connectivity index (χ3v) is 4.99. The normalized spacial score (nSPS) is 18.7. The minimum absolute atomic E-state index is 0.0300. The molecule has 1 N–H and O–H groups in total. The molecule has 2 aromatic rings. The van der Waals surface area contributed by atoms with E-state index in [2.05, 4.69) is 19.2 Å². The number of esters is 1. The lowest BCUT2D eigenvalue weighted by Crippen LogP contribution is -2.39. The maximum Gasteiger partial charge on any atom is 0.338 e. The van der Waals surface area contributed by atoms with Crippen molar-refractivity contribution in [2.45, 2.75) is 26.8 Å². The van der Waals surface area contributed by atoms with Gasteiger partial charge in [-0.15, -0.1) is 0 Å². The molecule has 2 heterocycles. The predicted octanol–water partition coefficient (Wildman–Crippen LogP) is 3.14. The van der Waals surface area contributed by atoms with Crippen LogP contribution in [0.4, 0.5) is 11.4 Å². The zero-order chi connectivity index (χ0) is 21.7. The number of benzene rings is 1. The fraction of sp³-hybridized carbons (Fsp3) is 0.429. The Morgan fingerprint density at radius 3 is 2.63 bits per heavy atom. The summed E-state index contributed by atoms with van der Waals surface area (Å²) in [5, 5.41) is 14.2. The second kappa shape index (κ2) is 9.43. The van der Waals surface area contributed by atoms with Gasteiger partial charge in [0.15, 0.2) is 6.61 Å². The van der Waals surface area contributed by atoms with E-state index in [-0.39, 0.29) is 17.8 Å². The number of nitrogens with one attached hydrogen (secondary N) is 1. The van der Waals surface area contributed by atoms with Crippen LogP contribution in [-0.2, 0) is 16.1 Å². The van der Waals surface area contributed by atoms with E-state index in [1.54, 1.807) is 18.2 Å². The number of piperidine rings is 1. The Balaban J connectivity index is 1.64. The van der Waals surface area contributed by atoms with Crippen LogP contribution in [0.25, 0.3) is 0 Å². The average Bonchev–Trinajstić information content (AvgIpc) is 3.23. The Morgan fingerprint density at radius 2 is 2.00 bits per heavy atom. The molecule has 2 unspecified atom stereocenters. The van der Waals surface area contributed by atoms with E-state index < -0.39 is 23.4 Å². The molecule has 1 saturated heterocycles. The molecule has 30 heavy (non-hydrogen) atoms. The maximum absolute atomic E-state index is 12.3. The Labute approximate surface area is 174 Å². The summed E-state index contributed by atoms with van der Waals surface area (Å²) in [6, 6.07) is 7.69. The summed E-state index contributed by atoms with van der Waals surface area (Å²) >= 11 is 0. The minimum Gasteiger partial charge on any atom is -0.467 e. The van der Waals surface area contributed by atoms with Crippen molar-refractivity contribution in [1.82, 2.24) is 5.32 Å². The van der Waals surface area contributed by atoms with E-state index >= 15 is 0 Å². The van der Waals surface area contributed by atoms with Crippen molar-refractivity contribution in [3.8, 4) is 0 Å². The monoisotopic (exact) mass is 415 g/mol. The summed E-state index contributed by atoms with van der Waals surface area (Å²) in [6.07, 6.45) is 2.57. The van der Waals surface area contributed by atoms with Crippen LogP contribution in [0.15, 0.2) is 41.0 Å². The number of carbonyl (C=O) groups is 2. The number of ether oxygens (including phenoxy) is 1. The van der Waals surface area contributed by atoms with Gasteiger partial charge in [-0.2, -0.15) is 0 Å². The number of anilines is 1. The highest BCUT2D eigenvalue weighted by Crippen LogP contribution is 2.34. The summed E-state index contributed by atoms with van der Waals surface area (Å²) < 4.78 is 10.1. The molecular weight excluding hydrogens is 390 g/mol. The predicted molar refractivity (Wildman–Crippen MR) is 109 cm³/mol. The molecule has 0 spiro atoms. The third kappa shape index (κ3) is 5.37. The van der Waals surface area contributed by atoms with Gasteiger partial charge in [0.05, 0.1) is 23.3 Å². The second-order valence-corrected chi connectivity index (χ2v) is 7.74.